The Hall–Kier alpha value is -0.120. The maximum absolute atomic E-state index is 5.18. The predicted octanol–water partition coefficient (Wildman–Crippen LogP) is -0.671. The predicted molar refractivity (Wildman–Crippen MR) is 27.5 cm³/mol. The second kappa shape index (κ2) is 1.43. The van der Waals surface area contributed by atoms with Crippen LogP contribution in [-0.2, 0) is 9.47 Å². The van der Waals surface area contributed by atoms with Crippen LogP contribution < -0.4 is 5.32 Å². The van der Waals surface area contributed by atoms with Gasteiger partial charge < -0.3 is 14.8 Å². The van der Waals surface area contributed by atoms with E-state index in [2.05, 4.69) is 5.32 Å². The minimum absolute atomic E-state index is 0.0278. The van der Waals surface area contributed by atoms with E-state index in [1.807, 2.05) is 0 Å². The van der Waals surface area contributed by atoms with Gasteiger partial charge in [0.25, 0.3) is 0 Å². The fourth-order valence-corrected chi connectivity index (χ4v) is 1.13. The standard InChI is InChI=1S/C5H9NO2/c1-7-5-4-3(6-4)2-8-5/h3-6H,2H2,1H3/t3-,4-,5+/m0/s1. The van der Waals surface area contributed by atoms with Crippen LogP contribution in [-0.4, -0.2) is 32.1 Å². The molecule has 0 bridgehead atoms. The van der Waals surface area contributed by atoms with Gasteiger partial charge in [0.1, 0.15) is 0 Å². The molecule has 2 aliphatic heterocycles. The molecule has 1 N–H and O–H groups in total. The summed E-state index contributed by atoms with van der Waals surface area (Å²) in [6.07, 6.45) is 0.0278. The van der Waals surface area contributed by atoms with E-state index < -0.39 is 0 Å². The number of fused-ring (bicyclic) bond motifs is 1. The summed E-state index contributed by atoms with van der Waals surface area (Å²) in [7, 11) is 1.67. The lowest BCUT2D eigenvalue weighted by Gasteiger charge is -2.07. The smallest absolute Gasteiger partial charge is 0.174 e. The maximum Gasteiger partial charge on any atom is 0.174 e. The molecule has 3 atom stereocenters. The van der Waals surface area contributed by atoms with Crippen LogP contribution in [0.2, 0.25) is 0 Å². The molecule has 0 saturated carbocycles. The van der Waals surface area contributed by atoms with Gasteiger partial charge in [0, 0.05) is 7.11 Å². The topological polar surface area (TPSA) is 40.4 Å². The first-order valence-corrected chi connectivity index (χ1v) is 2.82. The first-order valence-electron chi connectivity index (χ1n) is 2.82. The van der Waals surface area contributed by atoms with Crippen molar-refractivity contribution >= 4 is 0 Å². The van der Waals surface area contributed by atoms with E-state index >= 15 is 0 Å². The van der Waals surface area contributed by atoms with Crippen LogP contribution in [0.25, 0.3) is 0 Å². The van der Waals surface area contributed by atoms with Gasteiger partial charge >= 0.3 is 0 Å². The van der Waals surface area contributed by atoms with E-state index in [0.29, 0.717) is 12.1 Å². The van der Waals surface area contributed by atoms with Crippen molar-refractivity contribution in [3.8, 4) is 0 Å². The Balaban J connectivity index is 1.97. The zero-order chi connectivity index (χ0) is 5.56. The second-order valence-electron chi connectivity index (χ2n) is 2.24. The number of ether oxygens (including phenoxy) is 2. The number of hydrogen-bond donors (Lipinski definition) is 1. The lowest BCUT2D eigenvalue weighted by molar-refractivity contribution is -0.0998. The summed E-state index contributed by atoms with van der Waals surface area (Å²) >= 11 is 0. The number of rotatable bonds is 1. The van der Waals surface area contributed by atoms with Crippen molar-refractivity contribution in [2.24, 2.45) is 0 Å². The Bertz CT molecular complexity index is 107. The molecule has 0 aliphatic carbocycles. The van der Waals surface area contributed by atoms with Gasteiger partial charge in [-0.3, -0.25) is 0 Å². The van der Waals surface area contributed by atoms with E-state index in [0.717, 1.165) is 6.61 Å². The van der Waals surface area contributed by atoms with Gasteiger partial charge in [-0.1, -0.05) is 0 Å². The van der Waals surface area contributed by atoms with E-state index in [9.17, 15) is 0 Å². The van der Waals surface area contributed by atoms with Gasteiger partial charge in [-0.2, -0.15) is 0 Å². The molecular weight excluding hydrogens is 106 g/mol. The quantitative estimate of drug-likeness (QED) is 0.461. The number of methoxy groups -OCH3 is 1. The van der Waals surface area contributed by atoms with Gasteiger partial charge in [-0.15, -0.1) is 0 Å². The van der Waals surface area contributed by atoms with Crippen molar-refractivity contribution in [1.82, 2.24) is 5.32 Å². The van der Waals surface area contributed by atoms with E-state index in [-0.39, 0.29) is 6.29 Å². The first kappa shape index (κ1) is 4.73. The van der Waals surface area contributed by atoms with Crippen molar-refractivity contribution in [2.75, 3.05) is 13.7 Å². The van der Waals surface area contributed by atoms with Gasteiger partial charge in [-0.25, -0.2) is 0 Å². The maximum atomic E-state index is 5.18. The molecule has 2 saturated heterocycles. The molecule has 0 aromatic heterocycles. The summed E-state index contributed by atoms with van der Waals surface area (Å²) in [5.41, 5.74) is 0. The normalized spacial score (nSPS) is 51.4. The molecule has 2 fully saturated rings. The number of nitrogens with one attached hydrogen (secondary N) is 1. The Labute approximate surface area is 48.0 Å². The minimum Gasteiger partial charge on any atom is -0.354 e. The molecule has 3 heteroatoms. The molecule has 46 valence electrons. The average molecular weight is 115 g/mol. The fraction of sp³-hybridized carbons (Fsp3) is 1.00. The third-order valence-electron chi connectivity index (χ3n) is 1.70. The molecule has 2 aliphatic rings. The van der Waals surface area contributed by atoms with Gasteiger partial charge in [0.05, 0.1) is 18.7 Å². The van der Waals surface area contributed by atoms with Crippen LogP contribution in [0, 0.1) is 0 Å². The molecule has 0 aromatic carbocycles. The lowest BCUT2D eigenvalue weighted by Crippen LogP contribution is -2.20. The molecule has 0 spiro atoms. The summed E-state index contributed by atoms with van der Waals surface area (Å²) < 4.78 is 10.2. The molecule has 3 nitrogen and oxygen atoms in total. The molecule has 0 aromatic rings. The van der Waals surface area contributed by atoms with E-state index in [4.69, 9.17) is 9.47 Å². The van der Waals surface area contributed by atoms with Crippen LogP contribution in [0.4, 0.5) is 0 Å². The van der Waals surface area contributed by atoms with Gasteiger partial charge in [0.15, 0.2) is 6.29 Å². The van der Waals surface area contributed by atoms with Crippen molar-refractivity contribution in [3.05, 3.63) is 0 Å². The molecule has 0 unspecified atom stereocenters. The lowest BCUT2D eigenvalue weighted by atomic mass is 10.4. The number of hydrogen-bond acceptors (Lipinski definition) is 3. The average Bonchev–Trinajstić information content (AvgIpc) is 2.46. The zero-order valence-corrected chi connectivity index (χ0v) is 4.76. The van der Waals surface area contributed by atoms with Crippen molar-refractivity contribution < 1.29 is 9.47 Å². The number of morpholine rings is 1. The van der Waals surface area contributed by atoms with Crippen LogP contribution in [0.15, 0.2) is 0 Å². The highest BCUT2D eigenvalue weighted by molar-refractivity contribution is 5.04. The Morgan fingerprint density at radius 2 is 2.62 bits per heavy atom. The first-order chi connectivity index (χ1) is 3.92. The Morgan fingerprint density at radius 1 is 1.75 bits per heavy atom. The van der Waals surface area contributed by atoms with Crippen molar-refractivity contribution in [1.29, 1.82) is 0 Å². The monoisotopic (exact) mass is 115 g/mol. The highest BCUT2D eigenvalue weighted by atomic mass is 16.7. The Morgan fingerprint density at radius 3 is 2.88 bits per heavy atom. The molecule has 2 rings (SSSR count). The van der Waals surface area contributed by atoms with Gasteiger partial charge in [0.2, 0.25) is 0 Å². The highest BCUT2D eigenvalue weighted by Gasteiger charge is 2.49. The largest absolute Gasteiger partial charge is 0.354 e. The van der Waals surface area contributed by atoms with Gasteiger partial charge in [-0.05, 0) is 0 Å². The minimum atomic E-state index is 0.0278. The molecular formula is C5H9NO2. The Kier molecular flexibility index (Phi) is 0.848. The molecule has 0 radical (unpaired) electrons. The van der Waals surface area contributed by atoms with Crippen LogP contribution in [0.3, 0.4) is 0 Å². The summed E-state index contributed by atoms with van der Waals surface area (Å²) in [4.78, 5) is 0. The zero-order valence-electron chi connectivity index (χ0n) is 4.76. The highest BCUT2D eigenvalue weighted by Crippen LogP contribution is 2.25. The summed E-state index contributed by atoms with van der Waals surface area (Å²) in [6.45, 7) is 0.823. The van der Waals surface area contributed by atoms with Crippen LogP contribution in [0.1, 0.15) is 0 Å². The second-order valence-corrected chi connectivity index (χ2v) is 2.24. The van der Waals surface area contributed by atoms with Crippen molar-refractivity contribution in [2.45, 2.75) is 18.4 Å². The summed E-state index contributed by atoms with van der Waals surface area (Å²) in [5.74, 6) is 0. The summed E-state index contributed by atoms with van der Waals surface area (Å²) in [6, 6.07) is 1.10. The van der Waals surface area contributed by atoms with E-state index in [1.165, 1.54) is 0 Å². The fourth-order valence-electron chi connectivity index (χ4n) is 1.13. The summed E-state index contributed by atoms with van der Waals surface area (Å²) in [5, 5.41) is 3.22. The van der Waals surface area contributed by atoms with Crippen molar-refractivity contribution in [3.63, 3.8) is 0 Å². The molecule has 2 heterocycles. The van der Waals surface area contributed by atoms with Crippen LogP contribution in [0.5, 0.6) is 0 Å². The third-order valence-corrected chi connectivity index (χ3v) is 1.70. The third kappa shape index (κ3) is 0.491. The van der Waals surface area contributed by atoms with E-state index in [1.54, 1.807) is 7.11 Å². The van der Waals surface area contributed by atoms with Crippen LogP contribution >= 0.6 is 0 Å². The molecule has 8 heavy (non-hydrogen) atoms. The molecule has 0 amide bonds. The SMILES string of the molecule is CO[C@@H]1OC[C@@H]2N[C@H]12.